The molecule has 1 amide bonds. The maximum Gasteiger partial charge on any atom is 0.271 e. The van der Waals surface area contributed by atoms with Crippen LogP contribution in [0.25, 0.3) is 17.0 Å². The zero-order valence-electron chi connectivity index (χ0n) is 14.5. The molecule has 0 aliphatic heterocycles. The fourth-order valence-corrected chi connectivity index (χ4v) is 3.47. The normalized spacial score (nSPS) is 14.2. The van der Waals surface area contributed by atoms with E-state index in [2.05, 4.69) is 15.5 Å². The molecule has 1 aliphatic rings. The van der Waals surface area contributed by atoms with Crippen LogP contribution < -0.4 is 5.43 Å². The van der Waals surface area contributed by atoms with Crippen molar-refractivity contribution in [3.63, 3.8) is 0 Å². The van der Waals surface area contributed by atoms with Gasteiger partial charge >= 0.3 is 0 Å². The lowest BCUT2D eigenvalue weighted by Gasteiger charge is -2.10. The van der Waals surface area contributed by atoms with Gasteiger partial charge in [0.25, 0.3) is 5.91 Å². The summed E-state index contributed by atoms with van der Waals surface area (Å²) < 4.78 is 0. The number of hydrogen-bond donors (Lipinski definition) is 2. The monoisotopic (exact) mass is 343 g/mol. The lowest BCUT2D eigenvalue weighted by atomic mass is 9.95. The Kier molecular flexibility index (Phi) is 4.65. The Morgan fingerprint density at radius 2 is 1.92 bits per heavy atom. The summed E-state index contributed by atoms with van der Waals surface area (Å²) in [6, 6.07) is 15.8. The van der Waals surface area contributed by atoms with Gasteiger partial charge in [-0.05, 0) is 61.1 Å². The van der Waals surface area contributed by atoms with Gasteiger partial charge in [0.1, 0.15) is 0 Å². The number of carbonyl (C=O) groups excluding carboxylic acids is 1. The zero-order chi connectivity index (χ0) is 17.8. The van der Waals surface area contributed by atoms with Gasteiger partial charge < -0.3 is 4.98 Å². The van der Waals surface area contributed by atoms with E-state index in [4.69, 9.17) is 0 Å². The molecule has 2 aromatic carbocycles. The molecule has 0 saturated carbocycles. The van der Waals surface area contributed by atoms with E-state index in [-0.39, 0.29) is 5.91 Å². The minimum Gasteiger partial charge on any atom is -0.358 e. The molecule has 4 rings (SSSR count). The van der Waals surface area contributed by atoms with Crippen LogP contribution in [0.2, 0.25) is 0 Å². The molecule has 1 aromatic heterocycles. The molecule has 0 radical (unpaired) electrons. The average Bonchev–Trinajstić information content (AvgIpc) is 3.06. The third-order valence-corrected chi connectivity index (χ3v) is 4.78. The first-order valence-corrected chi connectivity index (χ1v) is 9.00. The average molecular weight is 343 g/mol. The highest BCUT2D eigenvalue weighted by atomic mass is 16.2. The van der Waals surface area contributed by atoms with Crippen molar-refractivity contribution >= 4 is 29.1 Å². The highest BCUT2D eigenvalue weighted by molar-refractivity contribution is 5.99. The second kappa shape index (κ2) is 7.40. The highest BCUT2D eigenvalue weighted by Gasteiger charge is 2.16. The summed E-state index contributed by atoms with van der Waals surface area (Å²) >= 11 is 0. The number of nitrogens with zero attached hydrogens (tertiary/aromatic N) is 1. The summed E-state index contributed by atoms with van der Waals surface area (Å²) in [6.07, 6.45) is 9.97. The number of H-pyrrole nitrogens is 1. The van der Waals surface area contributed by atoms with Crippen LogP contribution in [-0.4, -0.2) is 17.1 Å². The number of amides is 1. The smallest absolute Gasteiger partial charge is 0.271 e. The lowest BCUT2D eigenvalue weighted by Crippen LogP contribution is -2.17. The van der Waals surface area contributed by atoms with Crippen LogP contribution >= 0.6 is 0 Å². The fraction of sp³-hybridized carbons (Fsp3) is 0.182. The predicted molar refractivity (Wildman–Crippen MR) is 106 cm³/mol. The van der Waals surface area contributed by atoms with Crippen molar-refractivity contribution in [2.45, 2.75) is 25.7 Å². The first kappa shape index (κ1) is 16.3. The van der Waals surface area contributed by atoms with Crippen LogP contribution in [-0.2, 0) is 12.8 Å². The van der Waals surface area contributed by atoms with Crippen LogP contribution in [0.4, 0.5) is 0 Å². The van der Waals surface area contributed by atoms with Gasteiger partial charge in [-0.1, -0.05) is 36.4 Å². The molecule has 0 saturated heterocycles. The van der Waals surface area contributed by atoms with Crippen molar-refractivity contribution in [3.05, 3.63) is 77.0 Å². The molecule has 0 unspecified atom stereocenters. The second-order valence-electron chi connectivity index (χ2n) is 6.54. The van der Waals surface area contributed by atoms with Crippen LogP contribution in [0.3, 0.4) is 0 Å². The minimum absolute atomic E-state index is 0.193. The molecule has 26 heavy (non-hydrogen) atoms. The fourth-order valence-electron chi connectivity index (χ4n) is 3.47. The standard InChI is InChI=1S/C22H21N3O/c26-22(25-23-14-6-9-16-7-2-1-3-8-16)17-12-13-21-19(15-17)18-10-4-5-11-20(18)24-21/h1-3,6-9,12-15,24H,4-5,10-11H2,(H,25,26)/b9-6+,23-14?. The number of aryl methyl sites for hydroxylation is 2. The van der Waals surface area contributed by atoms with E-state index in [9.17, 15) is 4.79 Å². The number of aromatic amines is 1. The maximum absolute atomic E-state index is 12.4. The Labute approximate surface area is 152 Å². The van der Waals surface area contributed by atoms with E-state index in [1.54, 1.807) is 12.3 Å². The lowest BCUT2D eigenvalue weighted by molar-refractivity contribution is 0.0955. The number of aromatic nitrogens is 1. The SMILES string of the molecule is O=C(NN=C/C=C/c1ccccc1)c1ccc2[nH]c3c(c2c1)CCCC3. The quantitative estimate of drug-likeness (QED) is 0.533. The summed E-state index contributed by atoms with van der Waals surface area (Å²) in [6.45, 7) is 0. The first-order valence-electron chi connectivity index (χ1n) is 9.00. The topological polar surface area (TPSA) is 57.2 Å². The van der Waals surface area contributed by atoms with Crippen LogP contribution in [0.5, 0.6) is 0 Å². The van der Waals surface area contributed by atoms with Crippen molar-refractivity contribution in [1.82, 2.24) is 10.4 Å². The van der Waals surface area contributed by atoms with Crippen molar-refractivity contribution in [2.75, 3.05) is 0 Å². The Balaban J connectivity index is 1.44. The first-order chi connectivity index (χ1) is 12.8. The molecule has 1 aliphatic carbocycles. The van der Waals surface area contributed by atoms with E-state index < -0.39 is 0 Å². The molecule has 0 bridgehead atoms. The molecule has 1 heterocycles. The zero-order valence-corrected chi connectivity index (χ0v) is 14.5. The van der Waals surface area contributed by atoms with Gasteiger partial charge in [0.05, 0.1) is 0 Å². The molecule has 3 aromatic rings. The number of benzene rings is 2. The third-order valence-electron chi connectivity index (χ3n) is 4.78. The summed E-state index contributed by atoms with van der Waals surface area (Å²) in [5.41, 5.74) is 8.13. The van der Waals surface area contributed by atoms with Crippen LogP contribution in [0.1, 0.15) is 40.0 Å². The summed E-state index contributed by atoms with van der Waals surface area (Å²) in [7, 11) is 0. The largest absolute Gasteiger partial charge is 0.358 e. The highest BCUT2D eigenvalue weighted by Crippen LogP contribution is 2.29. The Morgan fingerprint density at radius 1 is 1.08 bits per heavy atom. The van der Waals surface area contributed by atoms with Crippen molar-refractivity contribution < 1.29 is 4.79 Å². The van der Waals surface area contributed by atoms with Gasteiger partial charge in [-0.25, -0.2) is 5.43 Å². The van der Waals surface area contributed by atoms with Crippen LogP contribution in [0, 0.1) is 0 Å². The Hall–Kier alpha value is -3.14. The number of nitrogens with one attached hydrogen (secondary N) is 2. The summed E-state index contributed by atoms with van der Waals surface area (Å²) in [5.74, 6) is -0.193. The molecule has 4 nitrogen and oxygen atoms in total. The molecule has 4 heteroatoms. The molecule has 0 atom stereocenters. The van der Waals surface area contributed by atoms with Gasteiger partial charge in [-0.2, -0.15) is 5.10 Å². The van der Waals surface area contributed by atoms with Gasteiger partial charge in [0.15, 0.2) is 0 Å². The van der Waals surface area contributed by atoms with Crippen molar-refractivity contribution in [1.29, 1.82) is 0 Å². The van der Waals surface area contributed by atoms with Crippen molar-refractivity contribution in [3.8, 4) is 0 Å². The Bertz CT molecular complexity index is 983. The number of hydrazone groups is 1. The predicted octanol–water partition coefficient (Wildman–Crippen LogP) is 4.48. The summed E-state index contributed by atoms with van der Waals surface area (Å²) in [5, 5.41) is 5.17. The van der Waals surface area contributed by atoms with E-state index in [1.807, 2.05) is 54.6 Å². The number of rotatable bonds is 4. The molecule has 130 valence electrons. The van der Waals surface area contributed by atoms with E-state index in [0.717, 1.165) is 23.9 Å². The van der Waals surface area contributed by atoms with Gasteiger partial charge in [-0.15, -0.1) is 0 Å². The van der Waals surface area contributed by atoms with E-state index in [0.29, 0.717) is 5.56 Å². The van der Waals surface area contributed by atoms with Gasteiger partial charge in [0, 0.05) is 28.4 Å². The number of hydrogen-bond acceptors (Lipinski definition) is 2. The van der Waals surface area contributed by atoms with E-state index in [1.165, 1.54) is 29.5 Å². The second-order valence-corrected chi connectivity index (χ2v) is 6.54. The maximum atomic E-state index is 12.4. The molecule has 0 spiro atoms. The third kappa shape index (κ3) is 3.45. The molecule has 0 fully saturated rings. The van der Waals surface area contributed by atoms with E-state index >= 15 is 0 Å². The number of fused-ring (bicyclic) bond motifs is 3. The number of carbonyl (C=O) groups is 1. The minimum atomic E-state index is -0.193. The molecule has 2 N–H and O–H groups in total. The van der Waals surface area contributed by atoms with Gasteiger partial charge in [-0.3, -0.25) is 4.79 Å². The van der Waals surface area contributed by atoms with Crippen LogP contribution in [0.15, 0.2) is 59.7 Å². The molecular formula is C22H21N3O. The number of allylic oxidation sites excluding steroid dienone is 1. The summed E-state index contributed by atoms with van der Waals surface area (Å²) in [4.78, 5) is 15.8. The van der Waals surface area contributed by atoms with Crippen molar-refractivity contribution in [2.24, 2.45) is 5.10 Å². The van der Waals surface area contributed by atoms with Gasteiger partial charge in [0.2, 0.25) is 0 Å². The molecular weight excluding hydrogens is 322 g/mol. The Morgan fingerprint density at radius 3 is 2.81 bits per heavy atom.